The van der Waals surface area contributed by atoms with Gasteiger partial charge in [0, 0.05) is 25.7 Å². The quantitative estimate of drug-likeness (QED) is 0.441. The third kappa shape index (κ3) is 3.25. The van der Waals surface area contributed by atoms with Crippen molar-refractivity contribution in [2.75, 3.05) is 6.61 Å². The number of benzene rings is 1. The second-order valence-electron chi connectivity index (χ2n) is 7.76. The minimum atomic E-state index is -0.620. The van der Waals surface area contributed by atoms with Gasteiger partial charge in [-0.05, 0) is 37.0 Å². The van der Waals surface area contributed by atoms with Gasteiger partial charge in [0.2, 0.25) is 0 Å². The second-order valence-corrected chi connectivity index (χ2v) is 8.19. The van der Waals surface area contributed by atoms with Gasteiger partial charge in [0.25, 0.3) is 5.56 Å². The maximum atomic E-state index is 12.8. The molecule has 1 saturated carbocycles. The minimum Gasteiger partial charge on any atom is -0.465 e. The van der Waals surface area contributed by atoms with Crippen molar-refractivity contribution in [3.8, 4) is 0 Å². The Bertz CT molecular complexity index is 1220. The Labute approximate surface area is 177 Å². The summed E-state index contributed by atoms with van der Waals surface area (Å²) in [6.07, 6.45) is 4.32. The lowest BCUT2D eigenvalue weighted by molar-refractivity contribution is -0.154. The van der Waals surface area contributed by atoms with Crippen LogP contribution in [-0.2, 0) is 35.6 Å². The monoisotopic (exact) mass is 430 g/mol. The standard InChI is InChI=1S/C21H23ClN4O4/c1-24-13-23-17-16(24)18(27)26(20(29)25(17)2)11-4-12-30-19(28)21(9-3-10-21)14-5-7-15(22)8-6-14/h5-8,13H,3-4,9-12H2,1-2H3. The molecular weight excluding hydrogens is 408 g/mol. The van der Waals surface area contributed by atoms with Crippen LogP contribution in [0.5, 0.6) is 0 Å². The summed E-state index contributed by atoms with van der Waals surface area (Å²) in [6.45, 7) is 0.293. The average Bonchev–Trinajstić information content (AvgIpc) is 3.08. The first kappa shape index (κ1) is 20.4. The van der Waals surface area contributed by atoms with Gasteiger partial charge in [0.05, 0.1) is 18.3 Å². The summed E-state index contributed by atoms with van der Waals surface area (Å²) in [6, 6.07) is 7.30. The molecule has 0 N–H and O–H groups in total. The van der Waals surface area contributed by atoms with E-state index in [1.807, 2.05) is 12.1 Å². The number of aromatic nitrogens is 4. The van der Waals surface area contributed by atoms with E-state index in [-0.39, 0.29) is 19.1 Å². The summed E-state index contributed by atoms with van der Waals surface area (Å²) in [5, 5.41) is 0.624. The van der Waals surface area contributed by atoms with Gasteiger partial charge in [-0.1, -0.05) is 30.2 Å². The van der Waals surface area contributed by atoms with Crippen molar-refractivity contribution >= 4 is 28.7 Å². The molecule has 1 fully saturated rings. The van der Waals surface area contributed by atoms with Crippen molar-refractivity contribution in [3.05, 3.63) is 62.0 Å². The van der Waals surface area contributed by atoms with Crippen LogP contribution in [0.2, 0.25) is 5.02 Å². The molecule has 0 spiro atoms. The van der Waals surface area contributed by atoms with Crippen LogP contribution in [0, 0.1) is 0 Å². The number of ether oxygens (including phenoxy) is 1. The molecule has 1 aromatic carbocycles. The fourth-order valence-corrected chi connectivity index (χ4v) is 4.15. The Kier molecular flexibility index (Phi) is 5.27. The molecule has 4 rings (SSSR count). The maximum Gasteiger partial charge on any atom is 0.332 e. The molecule has 158 valence electrons. The van der Waals surface area contributed by atoms with E-state index in [1.54, 1.807) is 30.8 Å². The van der Waals surface area contributed by atoms with Crippen molar-refractivity contribution in [1.82, 2.24) is 18.7 Å². The molecule has 0 bridgehead atoms. The fraction of sp³-hybridized carbons (Fsp3) is 0.429. The number of fused-ring (bicyclic) bond motifs is 1. The fourth-order valence-electron chi connectivity index (χ4n) is 4.03. The normalized spacial score (nSPS) is 15.2. The number of aryl methyl sites for hydroxylation is 2. The highest BCUT2D eigenvalue weighted by Gasteiger charge is 2.47. The molecule has 1 aliphatic carbocycles. The van der Waals surface area contributed by atoms with Crippen LogP contribution in [0.1, 0.15) is 31.2 Å². The van der Waals surface area contributed by atoms with Crippen LogP contribution in [0.15, 0.2) is 40.2 Å². The number of hydrogen-bond acceptors (Lipinski definition) is 5. The molecule has 0 aliphatic heterocycles. The number of carbonyl (C=O) groups is 1. The first-order valence-electron chi connectivity index (χ1n) is 9.89. The zero-order valence-electron chi connectivity index (χ0n) is 16.9. The number of halogens is 1. The molecule has 2 heterocycles. The summed E-state index contributed by atoms with van der Waals surface area (Å²) >= 11 is 5.96. The lowest BCUT2D eigenvalue weighted by Gasteiger charge is -2.39. The van der Waals surface area contributed by atoms with E-state index < -0.39 is 16.7 Å². The zero-order chi connectivity index (χ0) is 21.5. The van der Waals surface area contributed by atoms with E-state index in [0.29, 0.717) is 22.6 Å². The molecule has 0 atom stereocenters. The zero-order valence-corrected chi connectivity index (χ0v) is 17.7. The Balaban J connectivity index is 1.45. The number of carbonyl (C=O) groups excluding carboxylic acids is 1. The molecule has 8 nitrogen and oxygen atoms in total. The predicted octanol–water partition coefficient (Wildman–Crippen LogP) is 2.14. The van der Waals surface area contributed by atoms with Gasteiger partial charge in [-0.15, -0.1) is 0 Å². The summed E-state index contributed by atoms with van der Waals surface area (Å²) in [7, 11) is 3.29. The van der Waals surface area contributed by atoms with Gasteiger partial charge in [0.15, 0.2) is 11.2 Å². The van der Waals surface area contributed by atoms with Crippen LogP contribution in [-0.4, -0.2) is 31.3 Å². The number of nitrogens with zero attached hydrogens (tertiary/aromatic N) is 4. The van der Waals surface area contributed by atoms with Gasteiger partial charge in [-0.2, -0.15) is 0 Å². The van der Waals surface area contributed by atoms with Crippen LogP contribution in [0.25, 0.3) is 11.2 Å². The van der Waals surface area contributed by atoms with E-state index in [0.717, 1.165) is 29.4 Å². The maximum absolute atomic E-state index is 12.8. The van der Waals surface area contributed by atoms with Gasteiger partial charge in [-0.3, -0.25) is 18.7 Å². The SMILES string of the molecule is Cn1cnc2c1c(=O)n(CCCOC(=O)C1(c3ccc(Cl)cc3)CCC1)c(=O)n2C. The van der Waals surface area contributed by atoms with Crippen LogP contribution in [0.3, 0.4) is 0 Å². The van der Waals surface area contributed by atoms with Gasteiger partial charge in [-0.25, -0.2) is 9.78 Å². The van der Waals surface area contributed by atoms with E-state index in [9.17, 15) is 14.4 Å². The van der Waals surface area contributed by atoms with Crippen LogP contribution in [0.4, 0.5) is 0 Å². The third-order valence-electron chi connectivity index (χ3n) is 5.95. The Morgan fingerprint density at radius 2 is 1.90 bits per heavy atom. The predicted molar refractivity (Wildman–Crippen MR) is 113 cm³/mol. The molecule has 0 radical (unpaired) electrons. The number of esters is 1. The van der Waals surface area contributed by atoms with Crippen molar-refractivity contribution in [3.63, 3.8) is 0 Å². The highest BCUT2D eigenvalue weighted by atomic mass is 35.5. The highest BCUT2D eigenvalue weighted by molar-refractivity contribution is 6.30. The van der Waals surface area contributed by atoms with E-state index in [1.165, 1.54) is 10.9 Å². The Hall–Kier alpha value is -2.87. The van der Waals surface area contributed by atoms with Crippen molar-refractivity contribution in [1.29, 1.82) is 0 Å². The van der Waals surface area contributed by atoms with Gasteiger partial charge in [0.1, 0.15) is 0 Å². The average molecular weight is 431 g/mol. The molecule has 0 saturated heterocycles. The van der Waals surface area contributed by atoms with Crippen LogP contribution < -0.4 is 11.2 Å². The lowest BCUT2D eigenvalue weighted by atomic mass is 9.64. The third-order valence-corrected chi connectivity index (χ3v) is 6.21. The topological polar surface area (TPSA) is 88.1 Å². The number of imidazole rings is 1. The Morgan fingerprint density at radius 3 is 2.53 bits per heavy atom. The summed E-state index contributed by atoms with van der Waals surface area (Å²) in [4.78, 5) is 42.2. The van der Waals surface area contributed by atoms with Crippen molar-refractivity contribution < 1.29 is 9.53 Å². The summed E-state index contributed by atoms with van der Waals surface area (Å²) in [5.74, 6) is -0.265. The van der Waals surface area contributed by atoms with Crippen LogP contribution >= 0.6 is 11.6 Å². The highest BCUT2D eigenvalue weighted by Crippen LogP contribution is 2.45. The molecule has 9 heteroatoms. The van der Waals surface area contributed by atoms with Gasteiger partial charge >= 0.3 is 11.7 Å². The second kappa shape index (κ2) is 7.75. The number of hydrogen-bond donors (Lipinski definition) is 0. The molecule has 3 aromatic rings. The summed E-state index contributed by atoms with van der Waals surface area (Å²) < 4.78 is 9.66. The van der Waals surface area contributed by atoms with Gasteiger partial charge < -0.3 is 9.30 Å². The molecule has 0 amide bonds. The largest absolute Gasteiger partial charge is 0.465 e. The van der Waals surface area contributed by atoms with E-state index >= 15 is 0 Å². The molecule has 0 unspecified atom stereocenters. The van der Waals surface area contributed by atoms with Crippen molar-refractivity contribution in [2.45, 2.75) is 37.6 Å². The van der Waals surface area contributed by atoms with E-state index in [2.05, 4.69) is 4.98 Å². The molecular formula is C21H23ClN4O4. The molecule has 1 aliphatic rings. The summed E-state index contributed by atoms with van der Waals surface area (Å²) in [5.41, 5.74) is 0.181. The number of rotatable bonds is 6. The van der Waals surface area contributed by atoms with Crippen molar-refractivity contribution in [2.24, 2.45) is 14.1 Å². The van der Waals surface area contributed by atoms with E-state index in [4.69, 9.17) is 16.3 Å². The first-order valence-corrected chi connectivity index (χ1v) is 10.3. The lowest BCUT2D eigenvalue weighted by Crippen LogP contribution is -2.44. The minimum absolute atomic E-state index is 0.132. The Morgan fingerprint density at radius 1 is 1.20 bits per heavy atom. The smallest absolute Gasteiger partial charge is 0.332 e. The molecule has 30 heavy (non-hydrogen) atoms. The molecule has 2 aromatic heterocycles. The first-order chi connectivity index (χ1) is 14.3.